The van der Waals surface area contributed by atoms with E-state index in [1.807, 2.05) is 53.9 Å². The number of carbonyl (C=O) groups is 5. The van der Waals surface area contributed by atoms with Crippen LogP contribution < -0.4 is 25.6 Å². The maximum absolute atomic E-state index is 13.8. The van der Waals surface area contributed by atoms with E-state index in [2.05, 4.69) is 85.2 Å². The fourth-order valence-electron chi connectivity index (χ4n) is 15.6. The number of nitrogens with one attached hydrogen (secondary N) is 4. The Balaban J connectivity index is 0.520. The quantitative estimate of drug-likeness (QED) is 0.0132. The van der Waals surface area contributed by atoms with Crippen LogP contribution in [0.4, 0.5) is 17.1 Å². The fourth-order valence-corrected chi connectivity index (χ4v) is 17.6. The summed E-state index contributed by atoms with van der Waals surface area (Å²) in [6.07, 6.45) is 13.8. The molecule has 4 aliphatic carbocycles. The molecule has 2 bridgehead atoms. The van der Waals surface area contributed by atoms with Gasteiger partial charge >= 0.3 is 0 Å². The van der Waals surface area contributed by atoms with Crippen molar-refractivity contribution in [2.24, 2.45) is 16.2 Å². The molecule has 5 heterocycles. The van der Waals surface area contributed by atoms with Crippen LogP contribution in [0.3, 0.4) is 0 Å². The van der Waals surface area contributed by atoms with Gasteiger partial charge in [-0.3, -0.25) is 43.4 Å². The predicted octanol–water partition coefficient (Wildman–Crippen LogP) is 9.55. The van der Waals surface area contributed by atoms with Crippen LogP contribution >= 0.6 is 11.8 Å². The molecule has 99 heavy (non-hydrogen) atoms. The molecule has 3 saturated heterocycles. The number of aromatic nitrogens is 3. The number of imide groups is 1. The summed E-state index contributed by atoms with van der Waals surface area (Å²) in [5.74, 6) is -1.15. The zero-order valence-corrected chi connectivity index (χ0v) is 59.6. The number of ether oxygens (including phenoxy) is 3. The van der Waals surface area contributed by atoms with Gasteiger partial charge in [-0.2, -0.15) is 0 Å². The van der Waals surface area contributed by atoms with Gasteiger partial charge in [0.25, 0.3) is 27.7 Å². The summed E-state index contributed by atoms with van der Waals surface area (Å²) >= 11 is 1.77. The number of benzene rings is 4. The summed E-state index contributed by atoms with van der Waals surface area (Å²) in [7, 11) is -4.18. The topological polar surface area (TPSA) is 242 Å². The van der Waals surface area contributed by atoms with E-state index < -0.39 is 39.7 Å². The Morgan fingerprint density at radius 1 is 0.808 bits per heavy atom. The van der Waals surface area contributed by atoms with Crippen molar-refractivity contribution in [3.8, 4) is 0 Å². The standard InChI is InChI=1S/C75H98N12O10S2/c1-6-74-50-75(51-74,52-74)63-45-73(4,5)27-25-56(63)46-83-33-35-84(36-34-83)59-20-18-55(19-21-59)69(89)80-99(93,94)61-22-23-64(53(2)44-61)78-57(49-98-60-12-8-7-9-13-60)26-30-82-31-37-85(38-32-82)67(88)16-11-29-86-47-58(79-81-86)48-97-43-42-96-41-40-95-39-28-76-65-15-10-14-62-68(65)72(92)87(71(62)91)66-24-17-54(3)77-70(66)90/h7-10,12-15,18-23,44,47,57,66,76,78H,3,6,11,16-17,24-43,45-46,48-52H2,1-2,4-5H3,(H,77,90)(H,80,89)/t57-,66?,74?,75?/m1/s1. The maximum Gasteiger partial charge on any atom is 0.264 e. The van der Waals surface area contributed by atoms with E-state index in [4.69, 9.17) is 14.2 Å². The van der Waals surface area contributed by atoms with Crippen molar-refractivity contribution in [2.45, 2.75) is 140 Å². The Morgan fingerprint density at radius 2 is 1.54 bits per heavy atom. The SMILES string of the molecule is C=C1CCC(N2C(=O)c3cccc(NCCOCCOCCOCc4cn(CCCC(=O)N5CCN(CC[C@H](CSc6ccccc6)Nc6ccc(S(=O)(=O)NC(=O)c7ccc(N8CCN(CC9=C(C%10%11CC(CC)(C%10)C%11)CC(C)(C)CC9)CC8)cc7)cc6C)CC5)nn4)c3C2=O)C(=O)N1. The van der Waals surface area contributed by atoms with Gasteiger partial charge in [-0.05, 0) is 160 Å². The molecule has 4 aromatic carbocycles. The summed E-state index contributed by atoms with van der Waals surface area (Å²) < 4.78 is 48.8. The number of piperazine rings is 2. The van der Waals surface area contributed by atoms with Crippen molar-refractivity contribution in [3.05, 3.63) is 149 Å². The molecule has 0 spiro atoms. The van der Waals surface area contributed by atoms with E-state index >= 15 is 0 Å². The van der Waals surface area contributed by atoms with E-state index in [9.17, 15) is 32.4 Å². The molecule has 6 fully saturated rings. The van der Waals surface area contributed by atoms with Crippen molar-refractivity contribution < 1.29 is 46.6 Å². The first-order valence-electron chi connectivity index (χ1n) is 35.5. The van der Waals surface area contributed by atoms with Crippen LogP contribution in [0, 0.1) is 23.2 Å². The first kappa shape index (κ1) is 71.4. The van der Waals surface area contributed by atoms with Gasteiger partial charge in [0.2, 0.25) is 11.8 Å². The number of nitrogens with zero attached hydrogens (tertiary/aromatic N) is 8. The second-order valence-corrected chi connectivity index (χ2v) is 31.7. The van der Waals surface area contributed by atoms with E-state index in [0.717, 1.165) is 91.3 Å². The fraction of sp³-hybridized carbons (Fsp3) is 0.533. The van der Waals surface area contributed by atoms with E-state index in [1.165, 1.54) is 44.9 Å². The minimum Gasteiger partial charge on any atom is -0.382 e. The highest BCUT2D eigenvalue weighted by Crippen LogP contribution is 2.79. The number of hydrogen-bond acceptors (Lipinski definition) is 18. The lowest BCUT2D eigenvalue weighted by atomic mass is 9.31. The van der Waals surface area contributed by atoms with Gasteiger partial charge in [-0.15, -0.1) is 16.9 Å². The normalized spacial score (nSPS) is 22.0. The molecule has 3 saturated carbocycles. The smallest absolute Gasteiger partial charge is 0.264 e. The first-order chi connectivity index (χ1) is 47.7. The number of anilines is 3. The molecule has 530 valence electrons. The maximum atomic E-state index is 13.8. The number of allylic oxidation sites excluding steroid dienone is 2. The first-order valence-corrected chi connectivity index (χ1v) is 38.0. The van der Waals surface area contributed by atoms with Crippen LogP contribution in [0.1, 0.15) is 140 Å². The summed E-state index contributed by atoms with van der Waals surface area (Å²) in [4.78, 5) is 77.7. The molecule has 5 amide bonds. The van der Waals surface area contributed by atoms with E-state index in [0.29, 0.717) is 118 Å². The zero-order valence-electron chi connectivity index (χ0n) is 58.0. The highest BCUT2D eigenvalue weighted by Gasteiger charge is 2.68. The predicted molar refractivity (Wildman–Crippen MR) is 383 cm³/mol. The van der Waals surface area contributed by atoms with Crippen molar-refractivity contribution >= 4 is 68.4 Å². The summed E-state index contributed by atoms with van der Waals surface area (Å²) in [5.41, 5.74) is 10.2. The number of fused-ring (bicyclic) bond motifs is 1. The van der Waals surface area contributed by atoms with Gasteiger partial charge in [0.05, 0.1) is 61.9 Å². The molecule has 1 unspecified atom stereocenters. The molecule has 4 aliphatic heterocycles. The minimum atomic E-state index is -4.18. The zero-order chi connectivity index (χ0) is 69.3. The van der Waals surface area contributed by atoms with Gasteiger partial charge in [-0.1, -0.05) is 74.4 Å². The molecular weight excluding hydrogens is 1290 g/mol. The van der Waals surface area contributed by atoms with Crippen molar-refractivity contribution in [1.29, 1.82) is 0 Å². The molecule has 8 aliphatic rings. The lowest BCUT2D eigenvalue weighted by molar-refractivity contribution is -0.182. The molecule has 5 aromatic rings. The second-order valence-electron chi connectivity index (χ2n) is 28.9. The van der Waals surface area contributed by atoms with Crippen LogP contribution in [-0.4, -0.2) is 195 Å². The highest BCUT2D eigenvalue weighted by molar-refractivity contribution is 7.99. The molecule has 13 rings (SSSR count). The average Bonchev–Trinajstić information content (AvgIpc) is 1.27. The van der Waals surface area contributed by atoms with Gasteiger partial charge in [0.1, 0.15) is 11.7 Å². The van der Waals surface area contributed by atoms with Gasteiger partial charge in [-0.25, -0.2) is 13.1 Å². The molecule has 24 heteroatoms. The number of thioether (sulfide) groups is 1. The van der Waals surface area contributed by atoms with Crippen LogP contribution in [-0.2, 0) is 47.0 Å². The van der Waals surface area contributed by atoms with E-state index in [-0.39, 0.29) is 40.1 Å². The highest BCUT2D eigenvalue weighted by atomic mass is 32.2. The minimum absolute atomic E-state index is 0.0219. The summed E-state index contributed by atoms with van der Waals surface area (Å²) in [6.45, 7) is 24.4. The van der Waals surface area contributed by atoms with Crippen LogP contribution in [0.5, 0.6) is 0 Å². The monoisotopic (exact) mass is 1390 g/mol. The summed E-state index contributed by atoms with van der Waals surface area (Å²) in [5, 5.41) is 18.0. The summed E-state index contributed by atoms with van der Waals surface area (Å²) in [6, 6.07) is 26.8. The Hall–Kier alpha value is -7.45. The Kier molecular flexibility index (Phi) is 22.8. The number of hydrogen-bond donors (Lipinski definition) is 4. The third-order valence-corrected chi connectivity index (χ3v) is 23.8. The number of rotatable bonds is 33. The number of sulfonamides is 1. The lowest BCUT2D eigenvalue weighted by Crippen LogP contribution is -2.63. The third kappa shape index (κ3) is 17.3. The second kappa shape index (κ2) is 31.6. The average molecular weight is 1390 g/mol. The number of amides is 5. The molecule has 1 aromatic heterocycles. The largest absolute Gasteiger partial charge is 0.382 e. The number of piperidine rings is 1. The van der Waals surface area contributed by atoms with Gasteiger partial charge in [0, 0.05) is 130 Å². The molecule has 2 atom stereocenters. The molecular formula is C75H98N12O10S2. The van der Waals surface area contributed by atoms with Crippen LogP contribution in [0.25, 0.3) is 0 Å². The van der Waals surface area contributed by atoms with Gasteiger partial charge < -0.3 is 40.0 Å². The number of aryl methyl sites for hydroxylation is 2. The van der Waals surface area contributed by atoms with Gasteiger partial charge in [0.15, 0.2) is 0 Å². The Labute approximate surface area is 587 Å². The van der Waals surface area contributed by atoms with Crippen molar-refractivity contribution in [1.82, 2.24) is 44.6 Å². The Morgan fingerprint density at radius 3 is 2.26 bits per heavy atom. The van der Waals surface area contributed by atoms with Crippen molar-refractivity contribution in [2.75, 3.05) is 126 Å². The van der Waals surface area contributed by atoms with Crippen molar-refractivity contribution in [3.63, 3.8) is 0 Å². The molecule has 4 N–H and O–H groups in total. The molecule has 0 radical (unpaired) electrons. The van der Waals surface area contributed by atoms with Crippen LogP contribution in [0.15, 0.2) is 130 Å². The van der Waals surface area contributed by atoms with E-state index in [1.54, 1.807) is 70.5 Å². The lowest BCUT2D eigenvalue weighted by Gasteiger charge is -2.73. The van der Waals surface area contributed by atoms with Crippen LogP contribution in [0.2, 0.25) is 0 Å². The molecule has 22 nitrogen and oxygen atoms in total. The number of carbonyl (C=O) groups excluding carboxylic acids is 5. The Bertz CT molecular complexity index is 3860. The third-order valence-electron chi connectivity index (χ3n) is 21.3.